The summed E-state index contributed by atoms with van der Waals surface area (Å²) in [6.45, 7) is 3.13. The molecule has 3 amide bonds. The fourth-order valence-electron chi connectivity index (χ4n) is 3.63. The highest BCUT2D eigenvalue weighted by molar-refractivity contribution is 8.18. The molecule has 3 aromatic rings. The first kappa shape index (κ1) is 23.7. The lowest BCUT2D eigenvalue weighted by atomic mass is 10.2. The van der Waals surface area contributed by atoms with Crippen LogP contribution in [0, 0.1) is 25.5 Å². The molecule has 6 nitrogen and oxygen atoms in total. The third kappa shape index (κ3) is 4.62. The van der Waals surface area contributed by atoms with Crippen LogP contribution in [0.25, 0.3) is 11.8 Å². The summed E-state index contributed by atoms with van der Waals surface area (Å²) in [4.78, 5) is 38.5. The second-order valence-corrected chi connectivity index (χ2v) is 8.96. The average molecular weight is 502 g/mol. The number of rotatable bonds is 5. The SMILES string of the molecule is Cc1cc(/C=C2\SC(=O)N(CC(=O)Nc3ccccc3F)C2=O)c(C)n1-c1ccc(F)c(Cl)c1. The Balaban J connectivity index is 1.55. The topological polar surface area (TPSA) is 71.4 Å². The number of nitrogens with one attached hydrogen (secondary N) is 1. The van der Waals surface area contributed by atoms with Crippen molar-refractivity contribution < 1.29 is 23.2 Å². The van der Waals surface area contributed by atoms with Gasteiger partial charge in [0.2, 0.25) is 5.91 Å². The van der Waals surface area contributed by atoms with Crippen molar-refractivity contribution in [1.29, 1.82) is 0 Å². The van der Waals surface area contributed by atoms with Crippen LogP contribution in [0.4, 0.5) is 19.3 Å². The Bertz CT molecular complexity index is 1370. The van der Waals surface area contributed by atoms with E-state index in [1.54, 1.807) is 18.2 Å². The molecule has 0 radical (unpaired) electrons. The summed E-state index contributed by atoms with van der Waals surface area (Å²) >= 11 is 6.64. The van der Waals surface area contributed by atoms with Crippen LogP contribution in [0.5, 0.6) is 0 Å². The van der Waals surface area contributed by atoms with E-state index in [0.29, 0.717) is 23.0 Å². The number of aromatic nitrogens is 1. The van der Waals surface area contributed by atoms with Gasteiger partial charge in [-0.1, -0.05) is 23.7 Å². The quantitative estimate of drug-likeness (QED) is 0.455. The first-order valence-corrected chi connectivity index (χ1v) is 11.3. The van der Waals surface area contributed by atoms with Gasteiger partial charge in [0.1, 0.15) is 18.2 Å². The van der Waals surface area contributed by atoms with E-state index in [9.17, 15) is 23.2 Å². The zero-order chi connectivity index (χ0) is 24.6. The smallest absolute Gasteiger partial charge is 0.294 e. The summed E-state index contributed by atoms with van der Waals surface area (Å²) in [5, 5.41) is 1.75. The number of halogens is 3. The molecule has 1 aliphatic heterocycles. The van der Waals surface area contributed by atoms with Crippen LogP contribution < -0.4 is 5.32 Å². The number of amides is 3. The van der Waals surface area contributed by atoms with E-state index in [0.717, 1.165) is 16.3 Å². The summed E-state index contributed by atoms with van der Waals surface area (Å²) in [7, 11) is 0. The molecule has 2 heterocycles. The van der Waals surface area contributed by atoms with Gasteiger partial charge in [0, 0.05) is 17.1 Å². The van der Waals surface area contributed by atoms with Gasteiger partial charge < -0.3 is 9.88 Å². The van der Waals surface area contributed by atoms with Gasteiger partial charge >= 0.3 is 0 Å². The summed E-state index contributed by atoms with van der Waals surface area (Å²) in [5.74, 6) is -2.46. The minimum absolute atomic E-state index is 0.0127. The lowest BCUT2D eigenvalue weighted by molar-refractivity contribution is -0.127. The lowest BCUT2D eigenvalue weighted by Crippen LogP contribution is -2.36. The number of anilines is 1. The fraction of sp³-hybridized carbons (Fsp3) is 0.125. The van der Waals surface area contributed by atoms with Crippen LogP contribution in [0.15, 0.2) is 53.4 Å². The number of aryl methyl sites for hydroxylation is 1. The second-order valence-electron chi connectivity index (χ2n) is 7.56. The largest absolute Gasteiger partial charge is 0.322 e. The number of hydrogen-bond donors (Lipinski definition) is 1. The Kier molecular flexibility index (Phi) is 6.58. The first-order chi connectivity index (χ1) is 16.2. The van der Waals surface area contributed by atoms with Crippen molar-refractivity contribution in [3.05, 3.63) is 87.0 Å². The molecule has 4 rings (SSSR count). The molecule has 2 aromatic carbocycles. The summed E-state index contributed by atoms with van der Waals surface area (Å²) in [5.41, 5.74) is 2.86. The van der Waals surface area contributed by atoms with E-state index in [-0.39, 0.29) is 15.6 Å². The van der Waals surface area contributed by atoms with Crippen molar-refractivity contribution >= 4 is 52.2 Å². The average Bonchev–Trinajstić information content (AvgIpc) is 3.21. The van der Waals surface area contributed by atoms with Crippen molar-refractivity contribution in [3.8, 4) is 5.69 Å². The van der Waals surface area contributed by atoms with Gasteiger partial charge in [-0.05, 0) is 73.6 Å². The predicted molar refractivity (Wildman–Crippen MR) is 128 cm³/mol. The molecule has 0 bridgehead atoms. The van der Waals surface area contributed by atoms with Crippen LogP contribution >= 0.6 is 23.4 Å². The molecule has 10 heteroatoms. The monoisotopic (exact) mass is 501 g/mol. The summed E-state index contributed by atoms with van der Waals surface area (Å²) < 4.78 is 29.2. The lowest BCUT2D eigenvalue weighted by Gasteiger charge is -2.12. The van der Waals surface area contributed by atoms with Gasteiger partial charge in [-0.25, -0.2) is 8.78 Å². The van der Waals surface area contributed by atoms with Crippen molar-refractivity contribution in [2.45, 2.75) is 13.8 Å². The van der Waals surface area contributed by atoms with E-state index in [1.807, 2.05) is 24.5 Å². The predicted octanol–water partition coefficient (Wildman–Crippen LogP) is 5.70. The number of carbonyl (C=O) groups is 3. The molecule has 0 atom stereocenters. The minimum atomic E-state index is -0.694. The first-order valence-electron chi connectivity index (χ1n) is 10.1. The number of imide groups is 1. The Morgan fingerprint density at radius 2 is 1.82 bits per heavy atom. The van der Waals surface area contributed by atoms with Crippen LogP contribution in [-0.2, 0) is 9.59 Å². The molecular weight excluding hydrogens is 484 g/mol. The molecule has 1 aromatic heterocycles. The Morgan fingerprint density at radius 3 is 2.53 bits per heavy atom. The second kappa shape index (κ2) is 9.44. The Hall–Kier alpha value is -3.43. The van der Waals surface area contributed by atoms with E-state index in [4.69, 9.17) is 11.6 Å². The number of thioether (sulfide) groups is 1. The maximum absolute atomic E-state index is 13.8. The van der Waals surface area contributed by atoms with E-state index < -0.39 is 35.2 Å². The molecule has 1 N–H and O–H groups in total. The molecule has 0 unspecified atom stereocenters. The number of nitrogens with zero attached hydrogens (tertiary/aromatic N) is 2. The molecular formula is C24H18ClF2N3O3S. The van der Waals surface area contributed by atoms with Gasteiger partial charge in [-0.2, -0.15) is 0 Å². The molecule has 0 aliphatic carbocycles. The van der Waals surface area contributed by atoms with Crippen molar-refractivity contribution in [2.75, 3.05) is 11.9 Å². The van der Waals surface area contributed by atoms with Gasteiger partial charge in [0.15, 0.2) is 0 Å². The summed E-state index contributed by atoms with van der Waals surface area (Å²) in [6.07, 6.45) is 1.57. The highest BCUT2D eigenvalue weighted by Gasteiger charge is 2.36. The van der Waals surface area contributed by atoms with Crippen LogP contribution in [0.2, 0.25) is 5.02 Å². The summed E-state index contributed by atoms with van der Waals surface area (Å²) in [6, 6.07) is 11.8. The highest BCUT2D eigenvalue weighted by atomic mass is 35.5. The number of para-hydroxylation sites is 1. The van der Waals surface area contributed by atoms with E-state index in [1.165, 1.54) is 30.3 Å². The van der Waals surface area contributed by atoms with Gasteiger partial charge in [-0.15, -0.1) is 0 Å². The van der Waals surface area contributed by atoms with Crippen molar-refractivity contribution in [3.63, 3.8) is 0 Å². The molecule has 0 saturated carbocycles. The highest BCUT2D eigenvalue weighted by Crippen LogP contribution is 2.34. The van der Waals surface area contributed by atoms with Gasteiger partial charge in [-0.3, -0.25) is 19.3 Å². The zero-order valence-corrected chi connectivity index (χ0v) is 19.6. The molecule has 34 heavy (non-hydrogen) atoms. The molecule has 174 valence electrons. The maximum Gasteiger partial charge on any atom is 0.294 e. The normalized spacial score (nSPS) is 14.9. The number of carbonyl (C=O) groups excluding carboxylic acids is 3. The fourth-order valence-corrected chi connectivity index (χ4v) is 4.63. The number of hydrogen-bond acceptors (Lipinski definition) is 4. The van der Waals surface area contributed by atoms with E-state index >= 15 is 0 Å². The Labute approximate surface area is 203 Å². The van der Waals surface area contributed by atoms with Crippen LogP contribution in [0.3, 0.4) is 0 Å². The molecule has 1 aliphatic rings. The van der Waals surface area contributed by atoms with Crippen LogP contribution in [-0.4, -0.2) is 33.1 Å². The van der Waals surface area contributed by atoms with E-state index in [2.05, 4.69) is 5.32 Å². The molecule has 1 fully saturated rings. The third-order valence-corrected chi connectivity index (χ3v) is 6.44. The molecule has 1 saturated heterocycles. The van der Waals surface area contributed by atoms with Gasteiger partial charge in [0.25, 0.3) is 11.1 Å². The maximum atomic E-state index is 13.8. The molecule has 0 spiro atoms. The minimum Gasteiger partial charge on any atom is -0.322 e. The van der Waals surface area contributed by atoms with Crippen molar-refractivity contribution in [1.82, 2.24) is 9.47 Å². The van der Waals surface area contributed by atoms with Crippen LogP contribution in [0.1, 0.15) is 17.0 Å². The standard InChI is InChI=1S/C24H18ClF2N3O3S/c1-13-9-15(14(2)30(13)16-7-8-18(26)17(25)11-16)10-21-23(32)29(24(33)34-21)12-22(31)28-20-6-4-3-5-19(20)27/h3-11H,12H2,1-2H3,(H,28,31)/b21-10-. The Morgan fingerprint density at radius 1 is 1.09 bits per heavy atom. The number of benzene rings is 2. The van der Waals surface area contributed by atoms with Gasteiger partial charge in [0.05, 0.1) is 15.6 Å². The van der Waals surface area contributed by atoms with Crippen molar-refractivity contribution in [2.24, 2.45) is 0 Å². The third-order valence-electron chi connectivity index (χ3n) is 5.24. The zero-order valence-electron chi connectivity index (χ0n) is 18.1.